The molecule has 5 nitrogen and oxygen atoms in total. The third kappa shape index (κ3) is 4.23. The van der Waals surface area contributed by atoms with Crippen LogP contribution in [0.15, 0.2) is 42.5 Å². The van der Waals surface area contributed by atoms with Crippen molar-refractivity contribution in [1.29, 1.82) is 0 Å². The zero-order valence-corrected chi connectivity index (χ0v) is 15.2. The van der Waals surface area contributed by atoms with Gasteiger partial charge in [0.05, 0.1) is 13.2 Å². The number of rotatable bonds is 4. The monoisotopic (exact) mass is 352 g/mol. The number of methoxy groups -OCH3 is 1. The summed E-state index contributed by atoms with van der Waals surface area (Å²) in [4.78, 5) is 24.3. The maximum Gasteiger partial charge on any atom is 0.313 e. The first-order valence-corrected chi connectivity index (χ1v) is 8.94. The van der Waals surface area contributed by atoms with E-state index in [1.165, 1.54) is 24.0 Å². The van der Waals surface area contributed by atoms with E-state index in [4.69, 9.17) is 4.74 Å². The number of nitrogens with one attached hydrogen (secondary N) is 2. The second-order valence-electron chi connectivity index (χ2n) is 6.61. The van der Waals surface area contributed by atoms with Crippen molar-refractivity contribution in [3.63, 3.8) is 0 Å². The Balaban J connectivity index is 1.60. The van der Waals surface area contributed by atoms with E-state index >= 15 is 0 Å². The van der Waals surface area contributed by atoms with Crippen molar-refractivity contribution in [2.24, 2.45) is 0 Å². The summed E-state index contributed by atoms with van der Waals surface area (Å²) in [6.45, 7) is 1.89. The zero-order chi connectivity index (χ0) is 18.5. The second-order valence-corrected chi connectivity index (χ2v) is 6.61. The molecule has 1 atom stereocenters. The number of carbonyl (C=O) groups excluding carboxylic acids is 2. The molecule has 3 rings (SSSR count). The lowest BCUT2D eigenvalue weighted by atomic mass is 9.89. The topological polar surface area (TPSA) is 67.4 Å². The molecule has 1 unspecified atom stereocenters. The molecular weight excluding hydrogens is 328 g/mol. The molecule has 136 valence electrons. The molecule has 0 heterocycles. The second kappa shape index (κ2) is 8.04. The van der Waals surface area contributed by atoms with E-state index in [-0.39, 0.29) is 6.04 Å². The van der Waals surface area contributed by atoms with E-state index in [0.29, 0.717) is 11.4 Å². The normalized spacial score (nSPS) is 14.1. The minimum absolute atomic E-state index is 0.226. The Hall–Kier alpha value is -2.82. The molecular formula is C21H24N2O3. The van der Waals surface area contributed by atoms with Gasteiger partial charge in [0, 0.05) is 5.69 Å². The van der Waals surface area contributed by atoms with Gasteiger partial charge in [-0.3, -0.25) is 9.59 Å². The van der Waals surface area contributed by atoms with E-state index in [2.05, 4.69) is 22.8 Å². The maximum absolute atomic E-state index is 12.2. The number of hydrogen-bond donors (Lipinski definition) is 2. The van der Waals surface area contributed by atoms with E-state index in [9.17, 15) is 9.59 Å². The molecule has 0 saturated heterocycles. The SMILES string of the molecule is COc1ccc(NC(=O)C(=O)NC(C)c2ccc3c(c2)CCCC3)cc1. The van der Waals surface area contributed by atoms with Gasteiger partial charge in [0.1, 0.15) is 5.75 Å². The van der Waals surface area contributed by atoms with Gasteiger partial charge in [-0.05, 0) is 73.6 Å². The largest absolute Gasteiger partial charge is 0.497 e. The van der Waals surface area contributed by atoms with E-state index in [1.807, 2.05) is 13.0 Å². The number of anilines is 1. The Labute approximate surface area is 153 Å². The number of hydrogen-bond acceptors (Lipinski definition) is 3. The van der Waals surface area contributed by atoms with E-state index < -0.39 is 11.8 Å². The van der Waals surface area contributed by atoms with Crippen molar-refractivity contribution in [3.05, 3.63) is 59.2 Å². The molecule has 0 radical (unpaired) electrons. The smallest absolute Gasteiger partial charge is 0.313 e. The fraction of sp³-hybridized carbons (Fsp3) is 0.333. The van der Waals surface area contributed by atoms with Crippen LogP contribution < -0.4 is 15.4 Å². The molecule has 0 aliphatic heterocycles. The molecule has 0 fully saturated rings. The first kappa shape index (κ1) is 18.0. The molecule has 26 heavy (non-hydrogen) atoms. The summed E-state index contributed by atoms with van der Waals surface area (Å²) >= 11 is 0. The van der Waals surface area contributed by atoms with Gasteiger partial charge in [-0.15, -0.1) is 0 Å². The van der Waals surface area contributed by atoms with Crippen LogP contribution in [-0.4, -0.2) is 18.9 Å². The Kier molecular flexibility index (Phi) is 5.56. The molecule has 2 N–H and O–H groups in total. The average Bonchev–Trinajstić information content (AvgIpc) is 2.68. The third-order valence-electron chi connectivity index (χ3n) is 4.77. The van der Waals surface area contributed by atoms with Crippen LogP contribution in [0.2, 0.25) is 0 Å². The molecule has 0 saturated carbocycles. The first-order valence-electron chi connectivity index (χ1n) is 8.94. The molecule has 1 aliphatic carbocycles. The van der Waals surface area contributed by atoms with Crippen molar-refractivity contribution in [3.8, 4) is 5.75 Å². The summed E-state index contributed by atoms with van der Waals surface area (Å²) in [6, 6.07) is 12.9. The lowest BCUT2D eigenvalue weighted by Gasteiger charge is -2.20. The molecule has 2 aromatic rings. The molecule has 0 spiro atoms. The van der Waals surface area contributed by atoms with Crippen LogP contribution in [0, 0.1) is 0 Å². The Morgan fingerprint density at radius 2 is 1.65 bits per heavy atom. The molecule has 1 aliphatic rings. The number of amides is 2. The fourth-order valence-electron chi connectivity index (χ4n) is 3.23. The van der Waals surface area contributed by atoms with Crippen LogP contribution in [0.5, 0.6) is 5.75 Å². The van der Waals surface area contributed by atoms with Crippen molar-refractivity contribution < 1.29 is 14.3 Å². The summed E-state index contributed by atoms with van der Waals surface area (Å²) in [5, 5.41) is 5.36. The Bertz CT molecular complexity index is 799. The number of benzene rings is 2. The van der Waals surface area contributed by atoms with Gasteiger partial charge in [0.25, 0.3) is 0 Å². The predicted molar refractivity (Wildman–Crippen MR) is 101 cm³/mol. The highest BCUT2D eigenvalue weighted by molar-refractivity contribution is 6.39. The average molecular weight is 352 g/mol. The van der Waals surface area contributed by atoms with Crippen LogP contribution >= 0.6 is 0 Å². The summed E-state index contributed by atoms with van der Waals surface area (Å²) in [5.74, 6) is -0.639. The molecule has 0 aromatic heterocycles. The van der Waals surface area contributed by atoms with Crippen molar-refractivity contribution in [2.75, 3.05) is 12.4 Å². The minimum atomic E-state index is -0.681. The van der Waals surface area contributed by atoms with Crippen LogP contribution in [0.3, 0.4) is 0 Å². The van der Waals surface area contributed by atoms with Crippen LogP contribution in [0.4, 0.5) is 5.69 Å². The molecule has 0 bridgehead atoms. The fourth-order valence-corrected chi connectivity index (χ4v) is 3.23. The number of fused-ring (bicyclic) bond motifs is 1. The standard InChI is InChI=1S/C21H24N2O3/c1-14(16-8-7-15-5-3-4-6-17(15)13-16)22-20(24)21(25)23-18-9-11-19(26-2)12-10-18/h7-14H,3-6H2,1-2H3,(H,22,24)(H,23,25). The van der Waals surface area contributed by atoms with Gasteiger partial charge >= 0.3 is 11.8 Å². The number of carbonyl (C=O) groups is 2. The van der Waals surface area contributed by atoms with Gasteiger partial charge in [0.2, 0.25) is 0 Å². The lowest BCUT2D eigenvalue weighted by Crippen LogP contribution is -2.37. The van der Waals surface area contributed by atoms with Gasteiger partial charge in [-0.25, -0.2) is 0 Å². The van der Waals surface area contributed by atoms with Crippen LogP contribution in [0.25, 0.3) is 0 Å². The van der Waals surface area contributed by atoms with Gasteiger partial charge in [0.15, 0.2) is 0 Å². The highest BCUT2D eigenvalue weighted by Gasteiger charge is 2.18. The van der Waals surface area contributed by atoms with Gasteiger partial charge in [-0.2, -0.15) is 0 Å². The van der Waals surface area contributed by atoms with Crippen molar-refractivity contribution in [2.45, 2.75) is 38.6 Å². The van der Waals surface area contributed by atoms with Gasteiger partial charge < -0.3 is 15.4 Å². The highest BCUT2D eigenvalue weighted by atomic mass is 16.5. The van der Waals surface area contributed by atoms with E-state index in [0.717, 1.165) is 18.4 Å². The Morgan fingerprint density at radius 1 is 0.962 bits per heavy atom. The lowest BCUT2D eigenvalue weighted by molar-refractivity contribution is -0.136. The predicted octanol–water partition coefficient (Wildman–Crippen LogP) is 3.39. The summed E-state index contributed by atoms with van der Waals surface area (Å²) in [7, 11) is 1.57. The quantitative estimate of drug-likeness (QED) is 0.829. The van der Waals surface area contributed by atoms with Crippen molar-refractivity contribution >= 4 is 17.5 Å². The first-order chi connectivity index (χ1) is 12.6. The Morgan fingerprint density at radius 3 is 2.35 bits per heavy atom. The molecule has 5 heteroatoms. The summed E-state index contributed by atoms with van der Waals surface area (Å²) < 4.78 is 5.07. The number of aryl methyl sites for hydroxylation is 2. The summed E-state index contributed by atoms with van der Waals surface area (Å²) in [6.07, 6.45) is 4.66. The number of ether oxygens (including phenoxy) is 1. The third-order valence-corrected chi connectivity index (χ3v) is 4.77. The van der Waals surface area contributed by atoms with E-state index in [1.54, 1.807) is 31.4 Å². The summed E-state index contributed by atoms with van der Waals surface area (Å²) in [5.41, 5.74) is 4.33. The van der Waals surface area contributed by atoms with Crippen LogP contribution in [0.1, 0.15) is 42.5 Å². The maximum atomic E-state index is 12.2. The van der Waals surface area contributed by atoms with Crippen LogP contribution in [-0.2, 0) is 22.4 Å². The van der Waals surface area contributed by atoms with Crippen molar-refractivity contribution in [1.82, 2.24) is 5.32 Å². The highest BCUT2D eigenvalue weighted by Crippen LogP contribution is 2.24. The van der Waals surface area contributed by atoms with Gasteiger partial charge in [-0.1, -0.05) is 18.2 Å². The zero-order valence-electron chi connectivity index (χ0n) is 15.2. The molecule has 2 amide bonds. The minimum Gasteiger partial charge on any atom is -0.497 e. The molecule has 2 aromatic carbocycles.